The van der Waals surface area contributed by atoms with Crippen molar-refractivity contribution in [2.45, 2.75) is 45.1 Å². The van der Waals surface area contributed by atoms with Crippen molar-refractivity contribution in [1.29, 1.82) is 0 Å². The molecule has 20 heavy (non-hydrogen) atoms. The lowest BCUT2D eigenvalue weighted by atomic mass is 9.97. The summed E-state index contributed by atoms with van der Waals surface area (Å²) in [6.07, 6.45) is 5.08. The van der Waals surface area contributed by atoms with Gasteiger partial charge in [-0.1, -0.05) is 5.21 Å². The summed E-state index contributed by atoms with van der Waals surface area (Å²) >= 11 is 1.59. The molecule has 2 heterocycles. The Hall–Kier alpha value is -1.76. The van der Waals surface area contributed by atoms with Crippen molar-refractivity contribution in [3.05, 3.63) is 20.8 Å². The minimum atomic E-state index is -0.361. The Morgan fingerprint density at radius 2 is 2.15 bits per heavy atom. The minimum absolute atomic E-state index is 0.0844. The van der Waals surface area contributed by atoms with Crippen LogP contribution < -0.4 is 11.3 Å². The van der Waals surface area contributed by atoms with E-state index in [0.29, 0.717) is 13.0 Å². The standard InChI is InChI=1S/C13H16N4O2S/c14-10(18)6-3-7-17-13(19)11-8-4-1-2-5-9(8)20-12(11)15-16-17/h1-7H2,(H2,14,18). The summed E-state index contributed by atoms with van der Waals surface area (Å²) in [6.45, 7) is 0.384. The van der Waals surface area contributed by atoms with Crippen LogP contribution in [0.4, 0.5) is 0 Å². The number of fused-ring (bicyclic) bond motifs is 3. The summed E-state index contributed by atoms with van der Waals surface area (Å²) in [5.74, 6) is -0.361. The van der Waals surface area contributed by atoms with Crippen molar-refractivity contribution < 1.29 is 4.79 Å². The molecule has 0 bridgehead atoms. The number of amides is 1. The van der Waals surface area contributed by atoms with Gasteiger partial charge >= 0.3 is 0 Å². The highest BCUT2D eigenvalue weighted by atomic mass is 32.1. The molecule has 1 aliphatic carbocycles. The lowest BCUT2D eigenvalue weighted by molar-refractivity contribution is -0.118. The normalized spacial score (nSPS) is 14.4. The van der Waals surface area contributed by atoms with Gasteiger partial charge in [-0.2, -0.15) is 0 Å². The molecule has 0 unspecified atom stereocenters. The van der Waals surface area contributed by atoms with E-state index in [1.165, 1.54) is 21.5 Å². The molecule has 1 amide bonds. The van der Waals surface area contributed by atoms with E-state index >= 15 is 0 Å². The Morgan fingerprint density at radius 3 is 2.95 bits per heavy atom. The molecule has 3 rings (SSSR count). The molecular weight excluding hydrogens is 276 g/mol. The third-order valence-corrected chi connectivity index (χ3v) is 4.81. The summed E-state index contributed by atoms with van der Waals surface area (Å²) < 4.78 is 1.35. The second-order valence-corrected chi connectivity index (χ2v) is 6.16. The lowest BCUT2D eigenvalue weighted by Gasteiger charge is -2.10. The fraction of sp³-hybridized carbons (Fsp3) is 0.538. The van der Waals surface area contributed by atoms with Crippen LogP contribution in [0.2, 0.25) is 0 Å². The van der Waals surface area contributed by atoms with Gasteiger partial charge in [-0.15, -0.1) is 16.4 Å². The third-order valence-electron chi connectivity index (χ3n) is 3.64. The van der Waals surface area contributed by atoms with E-state index in [2.05, 4.69) is 10.3 Å². The van der Waals surface area contributed by atoms with Crippen molar-refractivity contribution in [3.8, 4) is 0 Å². The SMILES string of the molecule is NC(=O)CCCn1nnc2sc3c(c2c1=O)CCCC3. The summed E-state index contributed by atoms with van der Waals surface area (Å²) in [6, 6.07) is 0. The first-order valence-electron chi connectivity index (χ1n) is 6.83. The second kappa shape index (κ2) is 5.32. The van der Waals surface area contributed by atoms with Crippen LogP contribution in [-0.4, -0.2) is 20.9 Å². The van der Waals surface area contributed by atoms with Crippen LogP contribution in [0, 0.1) is 0 Å². The highest BCUT2D eigenvalue weighted by Gasteiger charge is 2.20. The average Bonchev–Trinajstić information content (AvgIpc) is 2.80. The molecule has 2 N–H and O–H groups in total. The average molecular weight is 292 g/mol. The van der Waals surface area contributed by atoms with Gasteiger partial charge in [0.05, 0.1) is 5.39 Å². The molecule has 6 nitrogen and oxygen atoms in total. The summed E-state index contributed by atoms with van der Waals surface area (Å²) in [4.78, 5) is 25.3. The number of carbonyl (C=O) groups is 1. The molecule has 1 aliphatic rings. The van der Waals surface area contributed by atoms with Crippen molar-refractivity contribution >= 4 is 27.5 Å². The molecule has 0 atom stereocenters. The highest BCUT2D eigenvalue weighted by molar-refractivity contribution is 7.18. The van der Waals surface area contributed by atoms with Gasteiger partial charge in [0.1, 0.15) is 0 Å². The lowest BCUT2D eigenvalue weighted by Crippen LogP contribution is -2.25. The maximum Gasteiger partial charge on any atom is 0.278 e. The Labute approximate surface area is 119 Å². The topological polar surface area (TPSA) is 90.9 Å². The van der Waals surface area contributed by atoms with Gasteiger partial charge < -0.3 is 5.73 Å². The molecule has 0 fully saturated rings. The molecule has 0 aliphatic heterocycles. The van der Waals surface area contributed by atoms with E-state index in [4.69, 9.17) is 5.73 Å². The predicted molar refractivity (Wildman–Crippen MR) is 76.7 cm³/mol. The zero-order chi connectivity index (χ0) is 14.1. The van der Waals surface area contributed by atoms with E-state index < -0.39 is 0 Å². The van der Waals surface area contributed by atoms with E-state index in [-0.39, 0.29) is 17.9 Å². The number of primary amides is 1. The van der Waals surface area contributed by atoms with Crippen LogP contribution in [0.5, 0.6) is 0 Å². The van der Waals surface area contributed by atoms with E-state index in [0.717, 1.165) is 29.5 Å². The van der Waals surface area contributed by atoms with Gasteiger partial charge in [-0.05, 0) is 37.7 Å². The molecule has 0 saturated heterocycles. The van der Waals surface area contributed by atoms with E-state index in [1.807, 2.05) is 0 Å². The minimum Gasteiger partial charge on any atom is -0.370 e. The number of nitrogens with zero attached hydrogens (tertiary/aromatic N) is 3. The smallest absolute Gasteiger partial charge is 0.278 e. The molecule has 2 aromatic heterocycles. The summed E-state index contributed by atoms with van der Waals surface area (Å²) in [5, 5.41) is 8.85. The number of hydrogen-bond acceptors (Lipinski definition) is 5. The van der Waals surface area contributed by atoms with Crippen LogP contribution in [0.25, 0.3) is 10.2 Å². The molecule has 106 valence electrons. The van der Waals surface area contributed by atoms with Crippen LogP contribution in [0.3, 0.4) is 0 Å². The predicted octanol–water partition coefficient (Wildman–Crippen LogP) is 0.997. The fourth-order valence-electron chi connectivity index (χ4n) is 2.66. The maximum absolute atomic E-state index is 12.5. The third kappa shape index (κ3) is 2.33. The molecular formula is C13H16N4O2S. The van der Waals surface area contributed by atoms with Gasteiger partial charge in [0, 0.05) is 17.8 Å². The van der Waals surface area contributed by atoms with Gasteiger partial charge in [0.15, 0.2) is 4.83 Å². The Morgan fingerprint density at radius 1 is 1.35 bits per heavy atom. The maximum atomic E-state index is 12.5. The Kier molecular flexibility index (Phi) is 3.52. The Bertz CT molecular complexity index is 719. The number of thiophene rings is 1. The largest absolute Gasteiger partial charge is 0.370 e. The summed E-state index contributed by atoms with van der Waals surface area (Å²) in [7, 11) is 0. The number of aryl methyl sites for hydroxylation is 3. The molecule has 2 aromatic rings. The number of rotatable bonds is 4. The molecule has 7 heteroatoms. The van der Waals surface area contributed by atoms with Crippen molar-refractivity contribution in [2.75, 3.05) is 0 Å². The Balaban J connectivity index is 1.97. The van der Waals surface area contributed by atoms with E-state index in [9.17, 15) is 9.59 Å². The van der Waals surface area contributed by atoms with Crippen LogP contribution in [-0.2, 0) is 24.2 Å². The fourth-order valence-corrected chi connectivity index (χ4v) is 3.85. The zero-order valence-corrected chi connectivity index (χ0v) is 11.9. The first kappa shape index (κ1) is 13.2. The zero-order valence-electron chi connectivity index (χ0n) is 11.1. The second-order valence-electron chi connectivity index (χ2n) is 5.08. The van der Waals surface area contributed by atoms with Gasteiger partial charge in [0.25, 0.3) is 5.56 Å². The number of hydrogen-bond donors (Lipinski definition) is 1. The van der Waals surface area contributed by atoms with E-state index in [1.54, 1.807) is 11.3 Å². The monoisotopic (exact) mass is 292 g/mol. The van der Waals surface area contributed by atoms with Gasteiger partial charge in [-0.25, -0.2) is 4.68 Å². The van der Waals surface area contributed by atoms with Crippen molar-refractivity contribution in [3.63, 3.8) is 0 Å². The molecule has 0 radical (unpaired) electrons. The summed E-state index contributed by atoms with van der Waals surface area (Å²) in [5.41, 5.74) is 6.18. The quantitative estimate of drug-likeness (QED) is 0.910. The van der Waals surface area contributed by atoms with Crippen molar-refractivity contribution in [2.24, 2.45) is 5.73 Å². The number of carbonyl (C=O) groups excluding carboxylic acids is 1. The number of aromatic nitrogens is 3. The number of nitrogens with two attached hydrogens (primary N) is 1. The molecule has 0 spiro atoms. The van der Waals surface area contributed by atoms with Crippen LogP contribution >= 0.6 is 11.3 Å². The molecule has 0 aromatic carbocycles. The van der Waals surface area contributed by atoms with Gasteiger partial charge in [-0.3, -0.25) is 9.59 Å². The van der Waals surface area contributed by atoms with Crippen LogP contribution in [0.15, 0.2) is 4.79 Å². The van der Waals surface area contributed by atoms with Crippen LogP contribution in [0.1, 0.15) is 36.1 Å². The van der Waals surface area contributed by atoms with Gasteiger partial charge in [0.2, 0.25) is 5.91 Å². The first-order valence-corrected chi connectivity index (χ1v) is 7.65. The molecule has 0 saturated carbocycles. The first-order chi connectivity index (χ1) is 9.66. The van der Waals surface area contributed by atoms with Crippen molar-refractivity contribution in [1.82, 2.24) is 15.0 Å². The highest BCUT2D eigenvalue weighted by Crippen LogP contribution is 2.33.